The van der Waals surface area contributed by atoms with Crippen LogP contribution in [0.15, 0.2) is 18.2 Å². The van der Waals surface area contributed by atoms with E-state index in [4.69, 9.17) is 0 Å². The molecule has 3 amide bonds. The molecule has 3 N–H and O–H groups in total. The van der Waals surface area contributed by atoms with E-state index in [0.29, 0.717) is 42.2 Å². The summed E-state index contributed by atoms with van der Waals surface area (Å²) in [4.78, 5) is 37.0. The monoisotopic (exact) mass is 417 g/mol. The molecule has 168 valence electrons. The highest BCUT2D eigenvalue weighted by molar-refractivity contribution is 6.00. The maximum atomic E-state index is 12.6. The second-order valence-corrected chi connectivity index (χ2v) is 8.25. The van der Waals surface area contributed by atoms with E-state index >= 15 is 0 Å². The zero-order valence-electron chi connectivity index (χ0n) is 19.1. The number of nitrogens with one attached hydrogen (secondary N) is 3. The van der Waals surface area contributed by atoms with Gasteiger partial charge in [-0.05, 0) is 43.4 Å². The summed E-state index contributed by atoms with van der Waals surface area (Å²) in [6.45, 7) is 8.98. The first-order chi connectivity index (χ1) is 14.3. The molecule has 0 spiro atoms. The number of anilines is 2. The Morgan fingerprint density at radius 2 is 1.30 bits per heavy atom. The van der Waals surface area contributed by atoms with Crippen molar-refractivity contribution < 1.29 is 14.4 Å². The molecule has 0 aliphatic carbocycles. The molecule has 1 aromatic carbocycles. The van der Waals surface area contributed by atoms with Crippen molar-refractivity contribution in [1.82, 2.24) is 5.32 Å². The molecule has 0 saturated carbocycles. The van der Waals surface area contributed by atoms with Gasteiger partial charge in [0.25, 0.3) is 5.91 Å². The Morgan fingerprint density at radius 1 is 0.800 bits per heavy atom. The predicted octanol–water partition coefficient (Wildman–Crippen LogP) is 5.50. The lowest BCUT2D eigenvalue weighted by Gasteiger charge is -2.13. The van der Waals surface area contributed by atoms with Gasteiger partial charge in [-0.3, -0.25) is 14.4 Å². The van der Waals surface area contributed by atoms with E-state index in [0.717, 1.165) is 44.9 Å². The fraction of sp³-hybridized carbons (Fsp3) is 0.625. The Kier molecular flexibility index (Phi) is 12.5. The zero-order chi connectivity index (χ0) is 22.4. The standard InChI is InChI=1S/C24H39N3O3/c1-5-7-9-11-22(28)26-20-15-19(24(30)25-14-13-18(3)4)16-21(17-20)27-23(29)12-10-8-6-2/h15-18H,5-14H2,1-4H3,(H,25,30)(H,26,28)(H,27,29). The third kappa shape index (κ3) is 11.0. The molecule has 0 bridgehead atoms. The number of hydrogen-bond donors (Lipinski definition) is 3. The van der Waals surface area contributed by atoms with Crippen LogP contribution in [0, 0.1) is 5.92 Å². The van der Waals surface area contributed by atoms with Crippen molar-refractivity contribution in [1.29, 1.82) is 0 Å². The molecule has 0 heterocycles. The van der Waals surface area contributed by atoms with Crippen molar-refractivity contribution in [2.24, 2.45) is 5.92 Å². The first-order valence-electron chi connectivity index (χ1n) is 11.4. The molecule has 0 unspecified atom stereocenters. The third-order valence-corrected chi connectivity index (χ3v) is 4.78. The predicted molar refractivity (Wildman–Crippen MR) is 124 cm³/mol. The minimum Gasteiger partial charge on any atom is -0.352 e. The van der Waals surface area contributed by atoms with Gasteiger partial charge in [0.1, 0.15) is 0 Å². The van der Waals surface area contributed by atoms with Crippen LogP contribution in [-0.4, -0.2) is 24.3 Å². The van der Waals surface area contributed by atoms with E-state index in [-0.39, 0.29) is 17.7 Å². The van der Waals surface area contributed by atoms with Gasteiger partial charge >= 0.3 is 0 Å². The molecule has 0 atom stereocenters. The summed E-state index contributed by atoms with van der Waals surface area (Å²) in [6, 6.07) is 5.03. The average molecular weight is 418 g/mol. The molecule has 1 rings (SSSR count). The van der Waals surface area contributed by atoms with Crippen LogP contribution in [0.5, 0.6) is 0 Å². The molecular formula is C24H39N3O3. The van der Waals surface area contributed by atoms with Gasteiger partial charge in [0.05, 0.1) is 0 Å². The van der Waals surface area contributed by atoms with Crippen LogP contribution >= 0.6 is 0 Å². The van der Waals surface area contributed by atoms with Crippen LogP contribution in [0.1, 0.15) is 95.8 Å². The van der Waals surface area contributed by atoms with Crippen molar-refractivity contribution in [3.8, 4) is 0 Å². The summed E-state index contributed by atoms with van der Waals surface area (Å²) in [6.07, 6.45) is 7.55. The molecule has 6 nitrogen and oxygen atoms in total. The topological polar surface area (TPSA) is 87.3 Å². The Bertz CT molecular complexity index is 644. The maximum Gasteiger partial charge on any atom is 0.251 e. The normalized spacial score (nSPS) is 10.7. The van der Waals surface area contributed by atoms with E-state index < -0.39 is 0 Å². The number of rotatable bonds is 14. The van der Waals surface area contributed by atoms with Crippen LogP contribution in [-0.2, 0) is 9.59 Å². The molecule has 0 aliphatic heterocycles. The van der Waals surface area contributed by atoms with Crippen LogP contribution in [0.2, 0.25) is 0 Å². The molecule has 6 heteroatoms. The Morgan fingerprint density at radius 3 is 1.73 bits per heavy atom. The summed E-state index contributed by atoms with van der Waals surface area (Å²) >= 11 is 0. The van der Waals surface area contributed by atoms with Gasteiger partial charge in [0.15, 0.2) is 0 Å². The fourth-order valence-electron chi connectivity index (χ4n) is 3.00. The molecule has 0 aliphatic rings. The number of carbonyl (C=O) groups is 3. The summed E-state index contributed by atoms with van der Waals surface area (Å²) in [7, 11) is 0. The van der Waals surface area contributed by atoms with Gasteiger partial charge in [-0.25, -0.2) is 0 Å². The molecular weight excluding hydrogens is 378 g/mol. The van der Waals surface area contributed by atoms with E-state index in [1.54, 1.807) is 18.2 Å². The number of amides is 3. The molecule has 0 radical (unpaired) electrons. The maximum absolute atomic E-state index is 12.6. The van der Waals surface area contributed by atoms with Gasteiger partial charge in [-0.2, -0.15) is 0 Å². The number of carbonyl (C=O) groups excluding carboxylic acids is 3. The van der Waals surface area contributed by atoms with Crippen molar-refractivity contribution >= 4 is 29.1 Å². The lowest BCUT2D eigenvalue weighted by atomic mass is 10.1. The van der Waals surface area contributed by atoms with Crippen molar-refractivity contribution in [3.05, 3.63) is 23.8 Å². The SMILES string of the molecule is CCCCCC(=O)Nc1cc(NC(=O)CCCCC)cc(C(=O)NCCC(C)C)c1. The summed E-state index contributed by atoms with van der Waals surface area (Å²) < 4.78 is 0. The molecule has 0 aromatic heterocycles. The van der Waals surface area contributed by atoms with Gasteiger partial charge < -0.3 is 16.0 Å². The van der Waals surface area contributed by atoms with Crippen LogP contribution < -0.4 is 16.0 Å². The van der Waals surface area contributed by atoms with Gasteiger partial charge in [-0.15, -0.1) is 0 Å². The lowest BCUT2D eigenvalue weighted by Crippen LogP contribution is -2.25. The Hall–Kier alpha value is -2.37. The minimum absolute atomic E-state index is 0.0824. The van der Waals surface area contributed by atoms with E-state index in [9.17, 15) is 14.4 Å². The second kappa shape index (κ2) is 14.6. The van der Waals surface area contributed by atoms with E-state index in [1.165, 1.54) is 0 Å². The number of hydrogen-bond acceptors (Lipinski definition) is 3. The first kappa shape index (κ1) is 25.7. The van der Waals surface area contributed by atoms with E-state index in [2.05, 4.69) is 43.6 Å². The third-order valence-electron chi connectivity index (χ3n) is 4.78. The first-order valence-corrected chi connectivity index (χ1v) is 11.4. The molecule has 0 saturated heterocycles. The largest absolute Gasteiger partial charge is 0.352 e. The van der Waals surface area contributed by atoms with Gasteiger partial charge in [0.2, 0.25) is 11.8 Å². The summed E-state index contributed by atoms with van der Waals surface area (Å²) in [5.41, 5.74) is 1.47. The summed E-state index contributed by atoms with van der Waals surface area (Å²) in [5.74, 6) is 0.123. The van der Waals surface area contributed by atoms with Gasteiger partial charge in [0, 0.05) is 36.3 Å². The minimum atomic E-state index is -0.209. The quantitative estimate of drug-likeness (QED) is 0.349. The second-order valence-electron chi connectivity index (χ2n) is 8.25. The Balaban J connectivity index is 2.89. The smallest absolute Gasteiger partial charge is 0.251 e. The highest BCUT2D eigenvalue weighted by Crippen LogP contribution is 2.21. The highest BCUT2D eigenvalue weighted by Gasteiger charge is 2.12. The van der Waals surface area contributed by atoms with Crippen molar-refractivity contribution in [2.75, 3.05) is 17.2 Å². The Labute approximate surface area is 181 Å². The summed E-state index contributed by atoms with van der Waals surface area (Å²) in [5, 5.41) is 8.64. The molecule has 1 aromatic rings. The lowest BCUT2D eigenvalue weighted by molar-refractivity contribution is -0.117. The van der Waals surface area contributed by atoms with Gasteiger partial charge in [-0.1, -0.05) is 53.4 Å². The van der Waals surface area contributed by atoms with Crippen LogP contribution in [0.25, 0.3) is 0 Å². The van der Waals surface area contributed by atoms with Crippen LogP contribution in [0.3, 0.4) is 0 Å². The number of benzene rings is 1. The van der Waals surface area contributed by atoms with Crippen molar-refractivity contribution in [2.45, 2.75) is 85.5 Å². The van der Waals surface area contributed by atoms with E-state index in [1.807, 2.05) is 0 Å². The zero-order valence-corrected chi connectivity index (χ0v) is 19.1. The molecule has 0 fully saturated rings. The fourth-order valence-corrected chi connectivity index (χ4v) is 3.00. The molecule has 30 heavy (non-hydrogen) atoms. The number of unbranched alkanes of at least 4 members (excludes halogenated alkanes) is 4. The van der Waals surface area contributed by atoms with Crippen molar-refractivity contribution in [3.63, 3.8) is 0 Å². The average Bonchev–Trinajstić information content (AvgIpc) is 2.67. The van der Waals surface area contributed by atoms with Crippen LogP contribution in [0.4, 0.5) is 11.4 Å². The highest BCUT2D eigenvalue weighted by atomic mass is 16.2.